The van der Waals surface area contributed by atoms with Crippen LogP contribution in [-0.4, -0.2) is 67.2 Å². The van der Waals surface area contributed by atoms with Crippen LogP contribution in [0.25, 0.3) is 11.0 Å². The van der Waals surface area contributed by atoms with Gasteiger partial charge >= 0.3 is 0 Å². The zero-order valence-corrected chi connectivity index (χ0v) is 27.2. The van der Waals surface area contributed by atoms with Gasteiger partial charge in [0.1, 0.15) is 11.6 Å². The lowest BCUT2D eigenvalue weighted by Crippen LogP contribution is -2.52. The van der Waals surface area contributed by atoms with Crippen molar-refractivity contribution in [3.8, 4) is 0 Å². The average molecular weight is 607 g/mol. The number of amides is 2. The Morgan fingerprint density at radius 3 is 2.10 bits per heavy atom. The molecule has 1 aromatic carbocycles. The second kappa shape index (κ2) is 15.5. The first-order chi connectivity index (χ1) is 19.1. The molecule has 0 spiro atoms. The molecule has 2 amide bonds. The fourth-order valence-corrected chi connectivity index (χ4v) is 5.89. The molecular formula is C30H46N4O5S2. The van der Waals surface area contributed by atoms with Gasteiger partial charge in [-0.1, -0.05) is 53.8 Å². The van der Waals surface area contributed by atoms with Gasteiger partial charge in [-0.05, 0) is 61.9 Å². The predicted molar refractivity (Wildman–Crippen MR) is 168 cm³/mol. The summed E-state index contributed by atoms with van der Waals surface area (Å²) < 4.78 is 35.0. The first-order valence-electron chi connectivity index (χ1n) is 14.1. The molecule has 0 aliphatic carbocycles. The summed E-state index contributed by atoms with van der Waals surface area (Å²) in [6.45, 7) is 17.3. The van der Waals surface area contributed by atoms with E-state index in [0.29, 0.717) is 42.1 Å². The van der Waals surface area contributed by atoms with Crippen LogP contribution in [0.1, 0.15) is 61.8 Å². The number of hydrogen-bond donors (Lipinski definition) is 2. The van der Waals surface area contributed by atoms with Gasteiger partial charge in [0.05, 0.1) is 22.6 Å². The third-order valence-corrected chi connectivity index (χ3v) is 7.69. The number of carbonyl (C=O) groups is 2. The highest BCUT2D eigenvalue weighted by atomic mass is 32.2. The molecule has 0 fully saturated rings. The van der Waals surface area contributed by atoms with Gasteiger partial charge in [0.25, 0.3) is 0 Å². The fourth-order valence-electron chi connectivity index (χ4n) is 4.50. The van der Waals surface area contributed by atoms with Gasteiger partial charge in [0, 0.05) is 37.3 Å². The molecular weight excluding hydrogens is 560 g/mol. The number of carbonyl (C=O) groups excluding carboxylic acids is 2. The normalized spacial score (nSPS) is 13.2. The van der Waals surface area contributed by atoms with E-state index in [-0.39, 0.29) is 35.0 Å². The van der Waals surface area contributed by atoms with Crippen LogP contribution < -0.4 is 10.0 Å². The van der Waals surface area contributed by atoms with Gasteiger partial charge in [-0.15, -0.1) is 0 Å². The highest BCUT2D eigenvalue weighted by molar-refractivity contribution is 7.89. The number of fused-ring (bicyclic) bond motifs is 1. The van der Waals surface area contributed by atoms with E-state index in [1.165, 1.54) is 18.4 Å². The lowest BCUT2D eigenvalue weighted by molar-refractivity contribution is -0.139. The first kappa shape index (κ1) is 34.4. The van der Waals surface area contributed by atoms with Gasteiger partial charge in [-0.25, -0.2) is 8.42 Å². The van der Waals surface area contributed by atoms with Crippen molar-refractivity contribution in [3.05, 3.63) is 42.3 Å². The summed E-state index contributed by atoms with van der Waals surface area (Å²) in [6, 6.07) is 4.90. The van der Waals surface area contributed by atoms with Crippen LogP contribution in [0.2, 0.25) is 0 Å². The highest BCUT2D eigenvalue weighted by Gasteiger charge is 2.33. The number of hydrogen-bond acceptors (Lipinski definition) is 6. The van der Waals surface area contributed by atoms with Crippen LogP contribution in [-0.2, 0) is 19.6 Å². The van der Waals surface area contributed by atoms with Crippen LogP contribution in [0, 0.1) is 17.8 Å². The number of thiocarbonyl (C=S) groups is 1. The minimum atomic E-state index is -4.14. The Balaban J connectivity index is 2.43. The SMILES string of the molecule is CC(=S)NC(C)=CCN(CC(C)C)C(=O)C[C@H](NS(=O)(=O)c1ccc2occc2c1)C(=O)N(CC(C)C)CC(C)C. The molecule has 11 heteroatoms. The van der Waals surface area contributed by atoms with Crippen molar-refractivity contribution in [2.75, 3.05) is 26.2 Å². The Kier molecular flexibility index (Phi) is 13.0. The first-order valence-corrected chi connectivity index (χ1v) is 16.0. The number of rotatable bonds is 15. The maximum Gasteiger partial charge on any atom is 0.241 e. The summed E-state index contributed by atoms with van der Waals surface area (Å²) >= 11 is 5.11. The molecule has 2 rings (SSSR count). The number of allylic oxidation sites excluding steroid dienone is 1. The van der Waals surface area contributed by atoms with Crippen molar-refractivity contribution in [1.82, 2.24) is 19.8 Å². The molecule has 9 nitrogen and oxygen atoms in total. The molecule has 41 heavy (non-hydrogen) atoms. The third-order valence-electron chi connectivity index (χ3n) is 6.12. The highest BCUT2D eigenvalue weighted by Crippen LogP contribution is 2.21. The van der Waals surface area contributed by atoms with E-state index in [1.54, 1.807) is 28.9 Å². The molecule has 0 aliphatic rings. The topological polar surface area (TPSA) is 112 Å². The standard InChI is InChI=1S/C30H46N4O5S2/c1-20(2)17-33(13-11-23(7)31-24(8)40)29(35)16-27(30(36)34(18-21(3)4)19-22(5)6)32-41(37,38)26-9-10-28-25(15-26)12-14-39-28/h9-12,14-15,20-22,27,32H,13,16-19H2,1-8H3,(H,31,40)/t27-/m0/s1. The lowest BCUT2D eigenvalue weighted by Gasteiger charge is -2.31. The number of nitrogens with one attached hydrogen (secondary N) is 2. The number of nitrogens with zero attached hydrogens (tertiary/aromatic N) is 2. The van der Waals surface area contributed by atoms with Crippen molar-refractivity contribution in [1.29, 1.82) is 0 Å². The molecule has 1 atom stereocenters. The molecule has 1 heterocycles. The molecule has 0 aliphatic heterocycles. The summed E-state index contributed by atoms with van der Waals surface area (Å²) in [5, 5.41) is 3.68. The van der Waals surface area contributed by atoms with E-state index >= 15 is 0 Å². The second-order valence-corrected chi connectivity index (χ2v) is 14.1. The second-order valence-electron chi connectivity index (χ2n) is 11.8. The monoisotopic (exact) mass is 606 g/mol. The molecule has 2 aromatic rings. The summed E-state index contributed by atoms with van der Waals surface area (Å²) in [7, 11) is -4.14. The zero-order chi connectivity index (χ0) is 30.9. The maximum atomic E-state index is 13.9. The van der Waals surface area contributed by atoms with Crippen LogP contribution in [0.5, 0.6) is 0 Å². The smallest absolute Gasteiger partial charge is 0.241 e. The van der Waals surface area contributed by atoms with Crippen molar-refractivity contribution >= 4 is 50.0 Å². The number of benzene rings is 1. The molecule has 0 unspecified atom stereocenters. The average Bonchev–Trinajstić information content (AvgIpc) is 3.32. The largest absolute Gasteiger partial charge is 0.464 e. The van der Waals surface area contributed by atoms with Gasteiger partial charge in [-0.2, -0.15) is 4.72 Å². The van der Waals surface area contributed by atoms with E-state index in [9.17, 15) is 18.0 Å². The molecule has 0 saturated heterocycles. The quantitative estimate of drug-likeness (QED) is 0.276. The van der Waals surface area contributed by atoms with Crippen LogP contribution in [0.3, 0.4) is 0 Å². The summed E-state index contributed by atoms with van der Waals surface area (Å²) in [5.74, 6) is -0.238. The molecule has 0 bridgehead atoms. The number of sulfonamides is 1. The Bertz CT molecular complexity index is 1320. The summed E-state index contributed by atoms with van der Waals surface area (Å²) in [4.78, 5) is 31.6. The van der Waals surface area contributed by atoms with E-state index in [0.717, 1.165) is 5.70 Å². The fraction of sp³-hybridized carbons (Fsp3) is 0.567. The van der Waals surface area contributed by atoms with Crippen molar-refractivity contribution in [3.63, 3.8) is 0 Å². The van der Waals surface area contributed by atoms with Crippen molar-refractivity contribution < 1.29 is 22.4 Å². The van der Waals surface area contributed by atoms with E-state index in [4.69, 9.17) is 16.6 Å². The van der Waals surface area contributed by atoms with Crippen LogP contribution in [0.15, 0.2) is 51.6 Å². The minimum Gasteiger partial charge on any atom is -0.464 e. The van der Waals surface area contributed by atoms with Crippen LogP contribution >= 0.6 is 12.2 Å². The molecule has 2 N–H and O–H groups in total. The van der Waals surface area contributed by atoms with Gasteiger partial charge in [0.15, 0.2) is 0 Å². The predicted octanol–water partition coefficient (Wildman–Crippen LogP) is 4.94. The Morgan fingerprint density at radius 2 is 1.54 bits per heavy atom. The maximum absolute atomic E-state index is 13.9. The Hall–Kier alpha value is -2.76. The Morgan fingerprint density at radius 1 is 0.951 bits per heavy atom. The van der Waals surface area contributed by atoms with Gasteiger partial charge < -0.3 is 19.5 Å². The molecule has 0 saturated carbocycles. The van der Waals surface area contributed by atoms with Crippen molar-refractivity contribution in [2.24, 2.45) is 17.8 Å². The molecule has 0 radical (unpaired) electrons. The number of furan rings is 1. The van der Waals surface area contributed by atoms with E-state index in [2.05, 4.69) is 10.0 Å². The summed E-state index contributed by atoms with van der Waals surface area (Å²) in [6.07, 6.45) is 3.04. The molecule has 228 valence electrons. The summed E-state index contributed by atoms with van der Waals surface area (Å²) in [5.41, 5.74) is 1.36. The van der Waals surface area contributed by atoms with Gasteiger partial charge in [0.2, 0.25) is 21.8 Å². The van der Waals surface area contributed by atoms with E-state index in [1.807, 2.05) is 54.5 Å². The van der Waals surface area contributed by atoms with Crippen molar-refractivity contribution in [2.45, 2.75) is 72.7 Å². The lowest BCUT2D eigenvalue weighted by atomic mass is 10.1. The zero-order valence-electron chi connectivity index (χ0n) is 25.6. The van der Waals surface area contributed by atoms with Crippen LogP contribution in [0.4, 0.5) is 0 Å². The minimum absolute atomic E-state index is 0.00452. The van der Waals surface area contributed by atoms with Gasteiger partial charge in [-0.3, -0.25) is 9.59 Å². The Labute approximate surface area is 250 Å². The molecule has 1 aromatic heterocycles. The van der Waals surface area contributed by atoms with E-state index < -0.39 is 22.0 Å². The third kappa shape index (κ3) is 11.2.